The van der Waals surface area contributed by atoms with Gasteiger partial charge in [-0.25, -0.2) is 14.8 Å². The molecule has 4 bridgehead atoms. The third-order valence-corrected chi connectivity index (χ3v) is 7.20. The molecule has 6 rings (SSSR count). The lowest BCUT2D eigenvalue weighted by atomic mass is 9.54. The van der Waals surface area contributed by atoms with Crippen molar-refractivity contribution >= 4 is 22.9 Å². The SMILES string of the molecule is Cc1nc2ccc(C(=O)OCC(=O)NC3C4CC5CC(C4)CC3C5)cc2nc1C. The molecule has 4 aliphatic rings. The van der Waals surface area contributed by atoms with Crippen LogP contribution in [-0.4, -0.2) is 34.5 Å². The van der Waals surface area contributed by atoms with Crippen LogP contribution in [0.3, 0.4) is 0 Å². The molecule has 152 valence electrons. The molecule has 6 nitrogen and oxygen atoms in total. The highest BCUT2D eigenvalue weighted by Crippen LogP contribution is 2.53. The van der Waals surface area contributed by atoms with Gasteiger partial charge in [-0.15, -0.1) is 0 Å². The van der Waals surface area contributed by atoms with Crippen molar-refractivity contribution in [3.63, 3.8) is 0 Å². The van der Waals surface area contributed by atoms with Gasteiger partial charge in [-0.2, -0.15) is 0 Å². The number of esters is 1. The van der Waals surface area contributed by atoms with E-state index in [1.807, 2.05) is 13.8 Å². The van der Waals surface area contributed by atoms with Crippen LogP contribution in [0.1, 0.15) is 53.8 Å². The molecule has 0 spiro atoms. The van der Waals surface area contributed by atoms with E-state index in [1.165, 1.54) is 32.1 Å². The average molecular weight is 393 g/mol. The van der Waals surface area contributed by atoms with Crippen LogP contribution in [0.15, 0.2) is 18.2 Å². The monoisotopic (exact) mass is 393 g/mol. The number of aryl methyl sites for hydroxylation is 2. The third-order valence-electron chi connectivity index (χ3n) is 7.20. The van der Waals surface area contributed by atoms with Crippen LogP contribution in [0.2, 0.25) is 0 Å². The Kier molecular flexibility index (Phi) is 4.52. The van der Waals surface area contributed by atoms with Crippen LogP contribution < -0.4 is 5.32 Å². The van der Waals surface area contributed by atoms with E-state index in [-0.39, 0.29) is 18.6 Å². The number of benzene rings is 1. The van der Waals surface area contributed by atoms with Crippen LogP contribution in [0, 0.1) is 37.5 Å². The zero-order valence-corrected chi connectivity index (χ0v) is 17.0. The summed E-state index contributed by atoms with van der Waals surface area (Å²) in [5.74, 6) is 2.25. The van der Waals surface area contributed by atoms with Gasteiger partial charge < -0.3 is 10.1 Å². The normalized spacial score (nSPS) is 29.8. The van der Waals surface area contributed by atoms with Crippen molar-refractivity contribution in [2.45, 2.75) is 52.0 Å². The maximum atomic E-state index is 12.5. The highest BCUT2D eigenvalue weighted by Gasteiger charge is 2.48. The van der Waals surface area contributed by atoms with Gasteiger partial charge in [0.2, 0.25) is 0 Å². The molecule has 4 saturated carbocycles. The Morgan fingerprint density at radius 3 is 2.24 bits per heavy atom. The quantitative estimate of drug-likeness (QED) is 0.806. The van der Waals surface area contributed by atoms with Crippen LogP contribution in [-0.2, 0) is 9.53 Å². The minimum absolute atomic E-state index is 0.192. The second-order valence-electron chi connectivity index (χ2n) is 9.20. The first-order chi connectivity index (χ1) is 14.0. The number of ether oxygens (including phenoxy) is 1. The number of rotatable bonds is 4. The Labute approximate surface area is 170 Å². The first-order valence-electron chi connectivity index (χ1n) is 10.7. The number of hydrogen-bond donors (Lipinski definition) is 1. The zero-order valence-electron chi connectivity index (χ0n) is 17.0. The number of carbonyl (C=O) groups is 2. The minimum atomic E-state index is -0.507. The molecule has 0 radical (unpaired) electrons. The van der Waals surface area contributed by atoms with E-state index in [9.17, 15) is 9.59 Å². The van der Waals surface area contributed by atoms with Gasteiger partial charge in [-0.05, 0) is 87.8 Å². The van der Waals surface area contributed by atoms with Crippen LogP contribution in [0.25, 0.3) is 11.0 Å². The molecular formula is C23H27N3O3. The van der Waals surface area contributed by atoms with Gasteiger partial charge in [0.25, 0.3) is 5.91 Å². The molecule has 0 unspecified atom stereocenters. The first-order valence-corrected chi connectivity index (χ1v) is 10.7. The third kappa shape index (κ3) is 3.49. The summed E-state index contributed by atoms with van der Waals surface area (Å²) in [6, 6.07) is 5.37. The molecule has 4 fully saturated rings. The predicted molar refractivity (Wildman–Crippen MR) is 108 cm³/mol. The Morgan fingerprint density at radius 1 is 0.966 bits per heavy atom. The Balaban J connectivity index is 1.20. The van der Waals surface area contributed by atoms with Crippen molar-refractivity contribution in [2.24, 2.45) is 23.7 Å². The van der Waals surface area contributed by atoms with Crippen LogP contribution in [0.4, 0.5) is 0 Å². The number of carbonyl (C=O) groups excluding carboxylic acids is 2. The van der Waals surface area contributed by atoms with Crippen molar-refractivity contribution in [3.05, 3.63) is 35.2 Å². The van der Waals surface area contributed by atoms with E-state index in [4.69, 9.17) is 4.74 Å². The van der Waals surface area contributed by atoms with Gasteiger partial charge >= 0.3 is 5.97 Å². The number of nitrogens with zero attached hydrogens (tertiary/aromatic N) is 2. The lowest BCUT2D eigenvalue weighted by Gasteiger charge is -2.54. The highest BCUT2D eigenvalue weighted by molar-refractivity contribution is 5.94. The number of fused-ring (bicyclic) bond motifs is 1. The summed E-state index contributed by atoms with van der Waals surface area (Å²) in [7, 11) is 0. The molecule has 0 atom stereocenters. The summed E-state index contributed by atoms with van der Waals surface area (Å²) in [6.45, 7) is 3.56. The summed E-state index contributed by atoms with van der Waals surface area (Å²) in [4.78, 5) is 33.8. The van der Waals surface area contributed by atoms with Crippen molar-refractivity contribution in [2.75, 3.05) is 6.61 Å². The van der Waals surface area contributed by atoms with Gasteiger partial charge in [0, 0.05) is 6.04 Å². The Morgan fingerprint density at radius 2 is 1.59 bits per heavy atom. The molecule has 1 N–H and O–H groups in total. The van der Waals surface area contributed by atoms with Crippen LogP contribution >= 0.6 is 0 Å². The topological polar surface area (TPSA) is 81.2 Å². The Bertz CT molecular complexity index is 959. The number of aromatic nitrogens is 2. The molecule has 0 aliphatic heterocycles. The van der Waals surface area contributed by atoms with Gasteiger partial charge in [-0.3, -0.25) is 4.79 Å². The molecule has 29 heavy (non-hydrogen) atoms. The standard InChI is InChI=1S/C23H27N3O3/c1-12-13(2)25-20-10-16(3-4-19(20)24-12)23(28)29-11-21(27)26-22-17-6-14-5-15(8-17)9-18(22)7-14/h3-4,10,14-15,17-18,22H,5-9,11H2,1-2H3,(H,26,27). The number of nitrogens with one attached hydrogen (secondary N) is 1. The second kappa shape index (κ2) is 7.08. The van der Waals surface area contributed by atoms with Gasteiger partial charge in [0.05, 0.1) is 28.0 Å². The zero-order chi connectivity index (χ0) is 20.1. The highest BCUT2D eigenvalue weighted by atomic mass is 16.5. The fourth-order valence-corrected chi connectivity index (χ4v) is 5.96. The molecule has 1 aromatic heterocycles. The summed E-state index contributed by atoms with van der Waals surface area (Å²) < 4.78 is 5.29. The minimum Gasteiger partial charge on any atom is -0.452 e. The van der Waals surface area contributed by atoms with E-state index >= 15 is 0 Å². The molecule has 6 heteroatoms. The van der Waals surface area contributed by atoms with Crippen molar-refractivity contribution in [3.8, 4) is 0 Å². The second-order valence-corrected chi connectivity index (χ2v) is 9.20. The van der Waals surface area contributed by atoms with E-state index in [2.05, 4.69) is 15.3 Å². The van der Waals surface area contributed by atoms with Gasteiger partial charge in [0.1, 0.15) is 0 Å². The number of amides is 1. The summed E-state index contributed by atoms with van der Waals surface area (Å²) in [5, 5.41) is 3.17. The van der Waals surface area contributed by atoms with E-state index in [0.29, 0.717) is 22.9 Å². The largest absolute Gasteiger partial charge is 0.452 e. The first kappa shape index (κ1) is 18.5. The molecule has 0 saturated heterocycles. The van der Waals surface area contributed by atoms with Crippen molar-refractivity contribution < 1.29 is 14.3 Å². The van der Waals surface area contributed by atoms with Crippen molar-refractivity contribution in [1.29, 1.82) is 0 Å². The van der Waals surface area contributed by atoms with Gasteiger partial charge in [-0.1, -0.05) is 0 Å². The van der Waals surface area contributed by atoms with Gasteiger partial charge in [0.15, 0.2) is 6.61 Å². The smallest absolute Gasteiger partial charge is 0.338 e. The molecule has 2 aromatic rings. The number of hydrogen-bond acceptors (Lipinski definition) is 5. The molecular weight excluding hydrogens is 366 g/mol. The average Bonchev–Trinajstić information content (AvgIpc) is 2.69. The Hall–Kier alpha value is -2.50. The molecule has 4 aliphatic carbocycles. The predicted octanol–water partition coefficient (Wildman–Crippen LogP) is 3.34. The molecule has 1 aromatic carbocycles. The maximum absolute atomic E-state index is 12.5. The van der Waals surface area contributed by atoms with E-state index in [1.54, 1.807) is 18.2 Å². The van der Waals surface area contributed by atoms with Crippen LogP contribution in [0.5, 0.6) is 0 Å². The lowest BCUT2D eigenvalue weighted by molar-refractivity contribution is -0.128. The molecule has 1 heterocycles. The van der Waals surface area contributed by atoms with Crippen molar-refractivity contribution in [1.82, 2.24) is 15.3 Å². The fourth-order valence-electron chi connectivity index (χ4n) is 5.96. The molecule has 1 amide bonds. The maximum Gasteiger partial charge on any atom is 0.338 e. The summed E-state index contributed by atoms with van der Waals surface area (Å²) in [6.07, 6.45) is 6.37. The van der Waals surface area contributed by atoms with E-state index < -0.39 is 5.97 Å². The fraction of sp³-hybridized carbons (Fsp3) is 0.565. The summed E-state index contributed by atoms with van der Waals surface area (Å²) >= 11 is 0. The summed E-state index contributed by atoms with van der Waals surface area (Å²) in [5.41, 5.74) is 3.48. The van der Waals surface area contributed by atoms with E-state index in [0.717, 1.165) is 28.7 Å². The lowest BCUT2D eigenvalue weighted by Crippen LogP contribution is -2.56.